The van der Waals surface area contributed by atoms with Crippen LogP contribution in [-0.4, -0.2) is 34.1 Å². The van der Waals surface area contributed by atoms with Crippen LogP contribution in [0.1, 0.15) is 53.9 Å². The third-order valence-electron chi connectivity index (χ3n) is 3.96. The molecule has 100 valence electrons. The molecule has 1 N–H and O–H groups in total. The maximum Gasteiger partial charge on any atom is 0.304 e. The second kappa shape index (κ2) is 5.38. The van der Waals surface area contributed by atoms with E-state index in [1.54, 1.807) is 0 Å². The molecule has 0 atom stereocenters. The van der Waals surface area contributed by atoms with Crippen molar-refractivity contribution >= 4 is 5.97 Å². The molecule has 3 nitrogen and oxygen atoms in total. The molecule has 17 heavy (non-hydrogen) atoms. The average Bonchev–Trinajstić information content (AvgIpc) is 2.04. The smallest absolute Gasteiger partial charge is 0.304 e. The van der Waals surface area contributed by atoms with Crippen molar-refractivity contribution in [3.63, 3.8) is 0 Å². The highest BCUT2D eigenvalue weighted by molar-refractivity contribution is 5.66. The lowest BCUT2D eigenvalue weighted by atomic mass is 9.72. The van der Waals surface area contributed by atoms with Gasteiger partial charge in [0.2, 0.25) is 0 Å². The second-order valence-corrected chi connectivity index (χ2v) is 6.64. The molecular formula is C14H27NO2. The third kappa shape index (κ3) is 3.98. The van der Waals surface area contributed by atoms with Crippen LogP contribution in [-0.2, 0) is 4.79 Å². The van der Waals surface area contributed by atoms with Gasteiger partial charge < -0.3 is 5.11 Å². The Hall–Kier alpha value is -0.570. The Labute approximate surface area is 105 Å². The summed E-state index contributed by atoms with van der Waals surface area (Å²) in [6, 6.07) is 0.585. The Morgan fingerprint density at radius 2 is 1.88 bits per heavy atom. The van der Waals surface area contributed by atoms with Crippen molar-refractivity contribution < 1.29 is 9.90 Å². The van der Waals surface area contributed by atoms with Crippen LogP contribution in [0.4, 0.5) is 0 Å². The first-order valence-electron chi connectivity index (χ1n) is 6.70. The quantitative estimate of drug-likeness (QED) is 0.804. The first-order valence-corrected chi connectivity index (χ1v) is 6.70. The van der Waals surface area contributed by atoms with Gasteiger partial charge in [-0.1, -0.05) is 13.8 Å². The lowest BCUT2D eigenvalue weighted by Crippen LogP contribution is -2.54. The minimum absolute atomic E-state index is 0.0715. The molecule has 0 heterocycles. The Balaban J connectivity index is 2.52. The van der Waals surface area contributed by atoms with Crippen molar-refractivity contribution in [3.05, 3.63) is 0 Å². The monoisotopic (exact) mass is 241 g/mol. The summed E-state index contributed by atoms with van der Waals surface area (Å²) in [5, 5.41) is 8.81. The van der Waals surface area contributed by atoms with Gasteiger partial charge in [-0.15, -0.1) is 0 Å². The summed E-state index contributed by atoms with van der Waals surface area (Å²) in [6.45, 7) is 11.8. The highest BCUT2D eigenvalue weighted by Crippen LogP contribution is 2.39. The van der Waals surface area contributed by atoms with Crippen molar-refractivity contribution in [1.82, 2.24) is 4.90 Å². The van der Waals surface area contributed by atoms with E-state index in [0.717, 1.165) is 11.8 Å². The molecule has 1 saturated carbocycles. The number of carboxylic acids is 1. The summed E-state index contributed by atoms with van der Waals surface area (Å²) in [5.74, 6) is 0.890. The Bertz CT molecular complexity index is 262. The Morgan fingerprint density at radius 1 is 1.35 bits per heavy atom. The zero-order chi connectivity index (χ0) is 13.2. The summed E-state index contributed by atoms with van der Waals surface area (Å²) in [6.07, 6.45) is 2.71. The van der Waals surface area contributed by atoms with Crippen molar-refractivity contribution in [2.24, 2.45) is 11.8 Å². The molecule has 0 amide bonds. The highest BCUT2D eigenvalue weighted by Gasteiger charge is 2.39. The van der Waals surface area contributed by atoms with Crippen LogP contribution in [0.5, 0.6) is 0 Å². The van der Waals surface area contributed by atoms with E-state index in [1.165, 1.54) is 12.8 Å². The van der Waals surface area contributed by atoms with Crippen molar-refractivity contribution in [2.45, 2.75) is 65.5 Å². The zero-order valence-corrected chi connectivity index (χ0v) is 11.9. The lowest BCUT2D eigenvalue weighted by Gasteiger charge is -2.50. The number of hydrogen-bond acceptors (Lipinski definition) is 2. The normalized spacial score (nSPS) is 25.1. The summed E-state index contributed by atoms with van der Waals surface area (Å²) >= 11 is 0. The van der Waals surface area contributed by atoms with Gasteiger partial charge in [-0.2, -0.15) is 0 Å². The van der Waals surface area contributed by atoms with Gasteiger partial charge in [0.15, 0.2) is 0 Å². The van der Waals surface area contributed by atoms with Crippen molar-refractivity contribution in [3.8, 4) is 0 Å². The molecule has 0 unspecified atom stereocenters. The molecule has 3 heteroatoms. The van der Waals surface area contributed by atoms with Crippen LogP contribution in [0.3, 0.4) is 0 Å². The van der Waals surface area contributed by atoms with Gasteiger partial charge in [0.1, 0.15) is 0 Å². The number of hydrogen-bond donors (Lipinski definition) is 1. The fraction of sp³-hybridized carbons (Fsp3) is 0.929. The van der Waals surface area contributed by atoms with E-state index in [4.69, 9.17) is 5.11 Å². The minimum atomic E-state index is -0.695. The van der Waals surface area contributed by atoms with E-state index < -0.39 is 5.97 Å². The fourth-order valence-electron chi connectivity index (χ4n) is 2.71. The van der Waals surface area contributed by atoms with Gasteiger partial charge in [-0.05, 0) is 45.4 Å². The molecule has 0 aromatic heterocycles. The molecule has 1 fully saturated rings. The van der Waals surface area contributed by atoms with Gasteiger partial charge in [-0.25, -0.2) is 0 Å². The van der Waals surface area contributed by atoms with E-state index in [0.29, 0.717) is 12.6 Å². The maximum absolute atomic E-state index is 10.7. The van der Waals surface area contributed by atoms with Gasteiger partial charge in [-0.3, -0.25) is 9.69 Å². The molecule has 0 spiro atoms. The van der Waals surface area contributed by atoms with Crippen LogP contribution >= 0.6 is 0 Å². The van der Waals surface area contributed by atoms with Gasteiger partial charge in [0, 0.05) is 18.1 Å². The van der Waals surface area contributed by atoms with E-state index in [1.807, 2.05) is 0 Å². The molecule has 0 radical (unpaired) electrons. The van der Waals surface area contributed by atoms with Crippen molar-refractivity contribution in [1.29, 1.82) is 0 Å². The van der Waals surface area contributed by atoms with E-state index in [9.17, 15) is 4.79 Å². The number of carboxylic acid groups (broad SMARTS) is 1. The van der Waals surface area contributed by atoms with Crippen LogP contribution in [0.15, 0.2) is 0 Å². The van der Waals surface area contributed by atoms with Crippen LogP contribution in [0.2, 0.25) is 0 Å². The summed E-state index contributed by atoms with van der Waals surface area (Å²) in [5.41, 5.74) is 0.0715. The number of aliphatic carboxylic acids is 1. The standard InChI is InChI=1S/C14H27NO2/c1-10(2)11-8-12(9-11)15(14(3,4)5)7-6-13(16)17/h10-12H,6-9H2,1-5H3,(H,16,17). The van der Waals surface area contributed by atoms with Gasteiger partial charge >= 0.3 is 5.97 Å². The first kappa shape index (κ1) is 14.5. The van der Waals surface area contributed by atoms with Crippen molar-refractivity contribution in [2.75, 3.05) is 6.54 Å². The maximum atomic E-state index is 10.7. The lowest BCUT2D eigenvalue weighted by molar-refractivity contribution is -0.138. The van der Waals surface area contributed by atoms with Crippen LogP contribution in [0.25, 0.3) is 0 Å². The SMILES string of the molecule is CC(C)C1CC(N(CCC(=O)O)C(C)(C)C)C1. The molecule has 1 rings (SSSR count). The number of rotatable bonds is 5. The first-order chi connectivity index (χ1) is 7.71. The summed E-state index contributed by atoms with van der Waals surface area (Å²) < 4.78 is 0. The molecule has 1 aliphatic carbocycles. The molecule has 0 aliphatic heterocycles. The topological polar surface area (TPSA) is 40.5 Å². The highest BCUT2D eigenvalue weighted by atomic mass is 16.4. The van der Waals surface area contributed by atoms with Crippen LogP contribution < -0.4 is 0 Å². The molecule has 0 aromatic rings. The largest absolute Gasteiger partial charge is 0.481 e. The Kier molecular flexibility index (Phi) is 4.59. The Morgan fingerprint density at radius 3 is 2.24 bits per heavy atom. The summed E-state index contributed by atoms with van der Waals surface area (Å²) in [4.78, 5) is 13.1. The van der Waals surface area contributed by atoms with E-state index >= 15 is 0 Å². The predicted molar refractivity (Wildman–Crippen MR) is 70.1 cm³/mol. The second-order valence-electron chi connectivity index (χ2n) is 6.64. The van der Waals surface area contributed by atoms with E-state index in [-0.39, 0.29) is 12.0 Å². The fourth-order valence-corrected chi connectivity index (χ4v) is 2.71. The van der Waals surface area contributed by atoms with E-state index in [2.05, 4.69) is 39.5 Å². The molecule has 0 saturated heterocycles. The average molecular weight is 241 g/mol. The summed E-state index contributed by atoms with van der Waals surface area (Å²) in [7, 11) is 0. The van der Waals surface area contributed by atoms with Gasteiger partial charge in [0.05, 0.1) is 6.42 Å². The minimum Gasteiger partial charge on any atom is -0.481 e. The number of nitrogens with zero attached hydrogens (tertiary/aromatic N) is 1. The van der Waals surface area contributed by atoms with Crippen LogP contribution in [0, 0.1) is 11.8 Å². The molecule has 1 aliphatic rings. The molecule has 0 bridgehead atoms. The molecule has 0 aromatic carbocycles. The third-order valence-corrected chi connectivity index (χ3v) is 3.96. The predicted octanol–water partition coefficient (Wildman–Crippen LogP) is 3.00. The molecular weight excluding hydrogens is 214 g/mol. The van der Waals surface area contributed by atoms with Gasteiger partial charge in [0.25, 0.3) is 0 Å². The zero-order valence-electron chi connectivity index (χ0n) is 11.9. The number of carbonyl (C=O) groups is 1.